The van der Waals surface area contributed by atoms with E-state index in [4.69, 9.17) is 4.74 Å². The number of alkyl halides is 3. The van der Waals surface area contributed by atoms with E-state index in [1.807, 2.05) is 18.2 Å². The lowest BCUT2D eigenvalue weighted by atomic mass is 9.76. The van der Waals surface area contributed by atoms with Crippen LogP contribution in [0.3, 0.4) is 0 Å². The van der Waals surface area contributed by atoms with Crippen molar-refractivity contribution in [3.8, 4) is 0 Å². The highest BCUT2D eigenvalue weighted by Crippen LogP contribution is 2.51. The summed E-state index contributed by atoms with van der Waals surface area (Å²) in [6.45, 7) is 4.67. The molecule has 0 bridgehead atoms. The van der Waals surface area contributed by atoms with E-state index in [1.54, 1.807) is 6.07 Å². The van der Waals surface area contributed by atoms with Gasteiger partial charge in [-0.2, -0.15) is 13.2 Å². The molecule has 8 heteroatoms. The Balaban J connectivity index is 1.16. The van der Waals surface area contributed by atoms with Crippen LogP contribution in [-0.2, 0) is 10.9 Å². The SMILES string of the molecule is OC1CCCN(C2CCN(C[C@H]3CC[C@@H]4[C@H](O3)c3cc(C(F)(F)F)ccc3N[C@H]4c3ccccc3)CC2)C1. The summed E-state index contributed by atoms with van der Waals surface area (Å²) >= 11 is 0. The molecule has 2 N–H and O–H groups in total. The highest BCUT2D eigenvalue weighted by molar-refractivity contribution is 5.58. The molecule has 38 heavy (non-hydrogen) atoms. The summed E-state index contributed by atoms with van der Waals surface area (Å²) in [5.41, 5.74) is 1.88. The number of rotatable bonds is 4. The molecule has 1 unspecified atom stereocenters. The standard InChI is InChI=1S/C30H38F3N3O2/c31-30(32,33)21-8-11-27-26(17-21)29-25(28(34-27)20-5-2-1-3-6-20)10-9-24(38-29)19-35-15-12-22(13-16-35)36-14-4-7-23(37)18-36/h1-3,5-6,8,11,17,22-25,28-29,34,37H,4,7,9-10,12-16,18-19H2/t23?,24-,25+,28+,29+/m1/s1. The number of piperidine rings is 2. The van der Waals surface area contributed by atoms with E-state index in [2.05, 4.69) is 27.2 Å². The molecule has 6 rings (SSSR count). The van der Waals surface area contributed by atoms with E-state index in [0.29, 0.717) is 11.6 Å². The molecule has 0 amide bonds. The minimum atomic E-state index is -4.39. The maximum atomic E-state index is 13.6. The van der Waals surface area contributed by atoms with E-state index in [-0.39, 0.29) is 30.3 Å². The molecular formula is C30H38F3N3O2. The summed E-state index contributed by atoms with van der Waals surface area (Å²) < 4.78 is 47.5. The van der Waals surface area contributed by atoms with Crippen LogP contribution in [0.15, 0.2) is 48.5 Å². The molecule has 5 nitrogen and oxygen atoms in total. The number of hydrogen-bond donors (Lipinski definition) is 2. The Kier molecular flexibility index (Phi) is 7.42. The third-order valence-electron chi connectivity index (χ3n) is 9.10. The van der Waals surface area contributed by atoms with Crippen LogP contribution in [0.4, 0.5) is 18.9 Å². The largest absolute Gasteiger partial charge is 0.416 e. The molecule has 0 saturated carbocycles. The predicted octanol–water partition coefficient (Wildman–Crippen LogP) is 5.63. The van der Waals surface area contributed by atoms with Gasteiger partial charge in [0.25, 0.3) is 0 Å². The maximum Gasteiger partial charge on any atom is 0.416 e. The van der Waals surface area contributed by atoms with Crippen LogP contribution in [0, 0.1) is 5.92 Å². The first kappa shape index (κ1) is 26.1. The second-order valence-corrected chi connectivity index (χ2v) is 11.6. The fourth-order valence-corrected chi connectivity index (χ4v) is 7.13. The third-order valence-corrected chi connectivity index (χ3v) is 9.10. The van der Waals surface area contributed by atoms with E-state index in [9.17, 15) is 18.3 Å². The number of β-amino-alcohol motifs (C(OH)–C–C–N with tert-alkyl or cyclic N) is 1. The predicted molar refractivity (Wildman–Crippen MR) is 141 cm³/mol. The number of nitrogens with zero attached hydrogens (tertiary/aromatic N) is 2. The first-order chi connectivity index (χ1) is 18.3. The van der Waals surface area contributed by atoms with Crippen molar-refractivity contribution in [2.24, 2.45) is 5.92 Å². The summed E-state index contributed by atoms with van der Waals surface area (Å²) in [6.07, 6.45) is 0.998. The fourth-order valence-electron chi connectivity index (χ4n) is 7.13. The molecule has 0 radical (unpaired) electrons. The average molecular weight is 530 g/mol. The lowest BCUT2D eigenvalue weighted by Gasteiger charge is -2.47. The van der Waals surface area contributed by atoms with Crippen molar-refractivity contribution in [1.82, 2.24) is 9.80 Å². The van der Waals surface area contributed by atoms with Crippen molar-refractivity contribution >= 4 is 5.69 Å². The Morgan fingerprint density at radius 1 is 0.947 bits per heavy atom. The molecule has 5 atom stereocenters. The van der Waals surface area contributed by atoms with Gasteiger partial charge in [0.15, 0.2) is 0 Å². The third kappa shape index (κ3) is 5.46. The lowest BCUT2D eigenvalue weighted by Crippen LogP contribution is -2.51. The number of halogens is 3. The van der Waals surface area contributed by atoms with Gasteiger partial charge in [-0.3, -0.25) is 4.90 Å². The number of ether oxygens (including phenoxy) is 1. The van der Waals surface area contributed by atoms with Gasteiger partial charge in [-0.05, 0) is 81.9 Å². The van der Waals surface area contributed by atoms with Crippen molar-refractivity contribution < 1.29 is 23.0 Å². The van der Waals surface area contributed by atoms with Crippen LogP contribution in [0.2, 0.25) is 0 Å². The number of aliphatic hydroxyl groups excluding tert-OH is 1. The van der Waals surface area contributed by atoms with Gasteiger partial charge in [0.1, 0.15) is 0 Å². The lowest BCUT2D eigenvalue weighted by molar-refractivity contribution is -0.138. The van der Waals surface area contributed by atoms with Gasteiger partial charge in [0.2, 0.25) is 0 Å². The monoisotopic (exact) mass is 529 g/mol. The van der Waals surface area contributed by atoms with Crippen molar-refractivity contribution in [3.05, 3.63) is 65.2 Å². The first-order valence-corrected chi connectivity index (χ1v) is 14.2. The molecule has 4 heterocycles. The summed E-state index contributed by atoms with van der Waals surface area (Å²) in [5, 5.41) is 13.6. The first-order valence-electron chi connectivity index (χ1n) is 14.2. The quantitative estimate of drug-likeness (QED) is 0.538. The number of hydrogen-bond acceptors (Lipinski definition) is 5. The van der Waals surface area contributed by atoms with Crippen molar-refractivity contribution in [3.63, 3.8) is 0 Å². The minimum absolute atomic E-state index is 0.00141. The molecule has 0 spiro atoms. The second-order valence-electron chi connectivity index (χ2n) is 11.6. The van der Waals surface area contributed by atoms with E-state index < -0.39 is 11.7 Å². The molecule has 206 valence electrons. The van der Waals surface area contributed by atoms with Crippen LogP contribution in [0.25, 0.3) is 0 Å². The number of anilines is 1. The highest BCUT2D eigenvalue weighted by Gasteiger charge is 2.44. The molecule has 3 fully saturated rings. The van der Waals surface area contributed by atoms with Crippen LogP contribution in [0.5, 0.6) is 0 Å². The van der Waals surface area contributed by atoms with Crippen LogP contribution in [-0.4, -0.2) is 65.9 Å². The maximum absolute atomic E-state index is 13.6. The van der Waals surface area contributed by atoms with E-state index >= 15 is 0 Å². The number of benzene rings is 2. The fraction of sp³-hybridized carbons (Fsp3) is 0.600. The van der Waals surface area contributed by atoms with Gasteiger partial charge in [0.05, 0.1) is 29.9 Å². The number of fused-ring (bicyclic) bond motifs is 3. The minimum Gasteiger partial charge on any atom is -0.392 e. The van der Waals surface area contributed by atoms with E-state index in [1.165, 1.54) is 12.1 Å². The zero-order chi connectivity index (χ0) is 26.3. The second kappa shape index (κ2) is 10.8. The number of likely N-dealkylation sites (tertiary alicyclic amines) is 2. The average Bonchev–Trinajstić information content (AvgIpc) is 2.93. The Hall–Kier alpha value is -2.13. The van der Waals surface area contributed by atoms with E-state index in [0.717, 1.165) is 82.5 Å². The molecule has 2 aromatic rings. The smallest absolute Gasteiger partial charge is 0.392 e. The summed E-state index contributed by atoms with van der Waals surface area (Å²) in [5.74, 6) is 0.0703. The molecule has 3 saturated heterocycles. The van der Waals surface area contributed by atoms with Crippen molar-refractivity contribution in [1.29, 1.82) is 0 Å². The summed E-state index contributed by atoms with van der Waals surface area (Å²) in [6, 6.07) is 14.7. The Morgan fingerprint density at radius 2 is 1.74 bits per heavy atom. The van der Waals surface area contributed by atoms with Crippen molar-refractivity contribution in [2.75, 3.05) is 38.0 Å². The van der Waals surface area contributed by atoms with Gasteiger partial charge >= 0.3 is 6.18 Å². The Bertz CT molecular complexity index is 1090. The number of aliphatic hydroxyl groups is 1. The van der Waals surface area contributed by atoms with Gasteiger partial charge in [-0.25, -0.2) is 0 Å². The number of nitrogens with one attached hydrogen (secondary N) is 1. The summed E-state index contributed by atoms with van der Waals surface area (Å²) in [4.78, 5) is 4.92. The Morgan fingerprint density at radius 3 is 2.47 bits per heavy atom. The Labute approximate surface area is 223 Å². The normalized spacial score (nSPS) is 31.3. The molecule has 4 aliphatic heterocycles. The topological polar surface area (TPSA) is 48.0 Å². The zero-order valence-corrected chi connectivity index (χ0v) is 21.7. The van der Waals surface area contributed by atoms with Crippen molar-refractivity contribution in [2.45, 2.75) is 75.1 Å². The van der Waals surface area contributed by atoms with Gasteiger partial charge < -0.3 is 20.1 Å². The zero-order valence-electron chi connectivity index (χ0n) is 21.7. The van der Waals surface area contributed by atoms with Gasteiger partial charge in [0, 0.05) is 36.3 Å². The van der Waals surface area contributed by atoms with Gasteiger partial charge in [-0.15, -0.1) is 0 Å². The van der Waals surface area contributed by atoms with Crippen LogP contribution < -0.4 is 5.32 Å². The molecule has 0 aromatic heterocycles. The molecule has 2 aromatic carbocycles. The summed E-state index contributed by atoms with van der Waals surface area (Å²) in [7, 11) is 0. The molecule has 0 aliphatic carbocycles. The van der Waals surface area contributed by atoms with Crippen LogP contribution in [0.1, 0.15) is 67.4 Å². The van der Waals surface area contributed by atoms with Gasteiger partial charge in [-0.1, -0.05) is 30.3 Å². The molecular weight excluding hydrogens is 491 g/mol. The van der Waals surface area contributed by atoms with Crippen LogP contribution >= 0.6 is 0 Å². The highest BCUT2D eigenvalue weighted by atomic mass is 19.4. The molecule has 4 aliphatic rings.